The highest BCUT2D eigenvalue weighted by Crippen LogP contribution is 2.16. The van der Waals surface area contributed by atoms with E-state index in [-0.39, 0.29) is 11.9 Å². The van der Waals surface area contributed by atoms with E-state index in [0.29, 0.717) is 16.9 Å². The molecule has 14 heteroatoms. The topological polar surface area (TPSA) is 116 Å². The normalized spacial score (nSPS) is 7.21. The number of para-hydroxylation sites is 2. The molecular weight excluding hydrogens is 1470 g/mol. The maximum absolute atomic E-state index is 10.8. The fourth-order valence-electron chi connectivity index (χ4n) is 2.50. The van der Waals surface area contributed by atoms with Crippen LogP contribution in [0.25, 0.3) is 0 Å². The smallest absolute Gasteiger partial charge is 0.337 e. The number of aldehydes is 2. The predicted molar refractivity (Wildman–Crippen MR) is 325 cm³/mol. The van der Waals surface area contributed by atoms with Crippen molar-refractivity contribution in [2.24, 2.45) is 0 Å². The molecule has 0 spiro atoms. The number of methoxy groups -OCH3 is 2. The summed E-state index contributed by atoms with van der Waals surface area (Å²) < 4.78 is 16.1. The van der Waals surface area contributed by atoms with Crippen LogP contribution in [0.3, 0.4) is 0 Å². The minimum Gasteiger partial charge on any atom is -0.508 e. The van der Waals surface area contributed by atoms with Crippen LogP contribution >= 0.6 is 136 Å². The van der Waals surface area contributed by atoms with Gasteiger partial charge in [0, 0.05) is 0 Å². The third-order valence-corrected chi connectivity index (χ3v) is 4.20. The minimum absolute atomic E-state index is 0.291. The van der Waals surface area contributed by atoms with E-state index < -0.39 is 0 Å². The summed E-state index contributed by atoms with van der Waals surface area (Å²) in [6, 6.07) is 36.3. The van der Waals surface area contributed by atoms with Crippen molar-refractivity contribution < 1.29 is 38.5 Å². The van der Waals surface area contributed by atoms with Crippen molar-refractivity contribution >= 4 is 160 Å². The van der Waals surface area contributed by atoms with E-state index in [1.165, 1.54) is 36.9 Å². The summed E-state index contributed by atoms with van der Waals surface area (Å²) in [5.41, 5.74) is 1.18. The van der Waals surface area contributed by atoms with Crippen molar-refractivity contribution in [3.8, 4) is 11.5 Å². The second-order valence-corrected chi connectivity index (χ2v) is 23.7. The van der Waals surface area contributed by atoms with Crippen LogP contribution in [-0.2, 0) is 19.1 Å². The minimum atomic E-state index is -0.291. The van der Waals surface area contributed by atoms with E-state index in [0.717, 1.165) is 24.9 Å². The second-order valence-electron chi connectivity index (χ2n) is 8.32. The van der Waals surface area contributed by atoms with Gasteiger partial charge in [0.25, 0.3) is 0 Å². The van der Waals surface area contributed by atoms with E-state index in [4.69, 9.17) is 19.4 Å². The van der Waals surface area contributed by atoms with Crippen molar-refractivity contribution in [2.75, 3.05) is 28.2 Å². The molecule has 4 aromatic carbocycles. The average Bonchev–Trinajstić information content (AvgIpc) is 3.32. The molecule has 0 aromatic heterocycles. The Morgan fingerprint density at radius 1 is 0.548 bits per heavy atom. The Kier molecular flexibility index (Phi) is 124. The van der Waals surface area contributed by atoms with Gasteiger partial charge in [-0.05, 0) is 74.2 Å². The van der Waals surface area contributed by atoms with Crippen LogP contribution in [0.2, 0.25) is 0 Å². The standard InChI is InChI=1S/2C8H8O2.C8H10O.C6H6O.C3H8.2C2H4O.4C2H6.CHI3.CH2I2.CH3I/c2*1-10-8(9)7-5-3-2-4-6-7;1-2-9-8-6-4-3-5-7-8;7-6-4-2-1-3-5-6;1-3-2;2*1-2-3;4*1-2;2-1(3)4;2-1-3;1-2/h2*2-6H,1H3;3-7H,2H2,1H3;1-5,7H;3H2,1-2H3;2*2H,1H3;4*1-2H3;1H;1H2;1H3. The molecule has 0 saturated heterocycles. The largest absolute Gasteiger partial charge is 0.508 e. The lowest BCUT2D eigenvalue weighted by Crippen LogP contribution is -1.99. The summed E-state index contributed by atoms with van der Waals surface area (Å²) >= 11 is 13.6. The van der Waals surface area contributed by atoms with Gasteiger partial charge in [0.15, 0.2) is 0 Å². The Hall–Kier alpha value is -0.860. The second kappa shape index (κ2) is 90.8. The fourth-order valence-corrected chi connectivity index (χ4v) is 2.50. The molecule has 0 bridgehead atoms. The van der Waals surface area contributed by atoms with Gasteiger partial charge in [0.2, 0.25) is 0 Å². The highest BCUT2D eigenvalue weighted by molar-refractivity contribution is 14.3. The highest BCUT2D eigenvalue weighted by atomic mass is 127. The van der Waals surface area contributed by atoms with Crippen LogP contribution in [0.15, 0.2) is 121 Å². The summed E-state index contributed by atoms with van der Waals surface area (Å²) in [4.78, 5) is 41.2. The molecule has 0 saturated carbocycles. The number of ether oxygens (including phenoxy) is 3. The first-order valence-corrected chi connectivity index (χ1v) is 28.8. The van der Waals surface area contributed by atoms with Crippen molar-refractivity contribution in [1.29, 1.82) is 0 Å². The van der Waals surface area contributed by atoms with Gasteiger partial charge >= 0.3 is 11.9 Å². The lowest BCUT2D eigenvalue weighted by atomic mass is 10.2. The molecule has 0 atom stereocenters. The van der Waals surface area contributed by atoms with Crippen LogP contribution in [0.4, 0.5) is 0 Å². The van der Waals surface area contributed by atoms with Crippen LogP contribution < -0.4 is 4.74 Å². The van der Waals surface area contributed by atoms with Gasteiger partial charge in [-0.15, -0.1) is 0 Å². The van der Waals surface area contributed by atoms with Gasteiger partial charge < -0.3 is 28.9 Å². The molecule has 8 nitrogen and oxygen atoms in total. The summed E-state index contributed by atoms with van der Waals surface area (Å²) in [6.07, 6.45) is 2.75. The summed E-state index contributed by atoms with van der Waals surface area (Å²) in [5.74, 6) is 0.684. The SMILES string of the molecule is CC.CC.CC.CC.CC=O.CC=O.CCC.CCOc1ccccc1.CI.COC(=O)c1ccccc1.COC(=O)c1ccccc1.IC(I)I.ICI.Oc1ccccc1. The number of hydrogen-bond acceptors (Lipinski definition) is 8. The molecule has 62 heavy (non-hydrogen) atoms. The molecular formula is C48H78I6O8. The Morgan fingerprint density at radius 2 is 0.742 bits per heavy atom. The zero-order valence-corrected chi connectivity index (χ0v) is 52.9. The summed E-state index contributed by atoms with van der Waals surface area (Å²) in [5, 5.41) is 8.63. The first-order valence-electron chi connectivity index (χ1n) is 19.8. The van der Waals surface area contributed by atoms with E-state index in [1.54, 1.807) is 72.8 Å². The number of halogens is 6. The molecule has 0 aliphatic carbocycles. The quantitative estimate of drug-likeness (QED) is 0.0930. The Labute approximate surface area is 461 Å². The number of esters is 2. The first kappa shape index (κ1) is 84.6. The average molecular weight is 1540 g/mol. The molecule has 360 valence electrons. The Bertz CT molecular complexity index is 1230. The van der Waals surface area contributed by atoms with Crippen LogP contribution in [0.1, 0.15) is 117 Å². The van der Waals surface area contributed by atoms with Crippen LogP contribution in [-0.4, -0.2) is 57.7 Å². The predicted octanol–water partition coefficient (Wildman–Crippen LogP) is 17.8. The van der Waals surface area contributed by atoms with Gasteiger partial charge in [0.1, 0.15) is 24.0 Å². The number of aromatic hydroxyl groups is 1. The molecule has 0 aliphatic heterocycles. The first-order chi connectivity index (χ1) is 29.9. The number of rotatable bonds is 4. The number of alkyl halides is 6. The third kappa shape index (κ3) is 93.9. The van der Waals surface area contributed by atoms with Gasteiger partial charge in [-0.3, -0.25) is 0 Å². The van der Waals surface area contributed by atoms with Crippen molar-refractivity contribution in [2.45, 2.75) is 96.4 Å². The zero-order valence-electron chi connectivity index (χ0n) is 40.0. The maximum Gasteiger partial charge on any atom is 0.337 e. The van der Waals surface area contributed by atoms with Crippen LogP contribution in [0, 0.1) is 0 Å². The van der Waals surface area contributed by atoms with E-state index in [1.807, 2.05) is 116 Å². The van der Waals surface area contributed by atoms with Crippen molar-refractivity contribution in [3.63, 3.8) is 0 Å². The number of phenols is 1. The molecule has 4 aromatic rings. The molecule has 0 fully saturated rings. The van der Waals surface area contributed by atoms with Crippen molar-refractivity contribution in [3.05, 3.63) is 132 Å². The lowest BCUT2D eigenvalue weighted by molar-refractivity contribution is -0.106. The Morgan fingerprint density at radius 3 is 0.903 bits per heavy atom. The molecule has 4 rings (SSSR count). The zero-order chi connectivity index (χ0) is 50.8. The molecule has 0 amide bonds. The summed E-state index contributed by atoms with van der Waals surface area (Å²) in [6.45, 7) is 25.9. The molecule has 0 aliphatic rings. The number of hydrogen-bond donors (Lipinski definition) is 1. The van der Waals surface area contributed by atoms with Crippen molar-refractivity contribution in [1.82, 2.24) is 0 Å². The number of benzene rings is 4. The maximum atomic E-state index is 10.8. The van der Waals surface area contributed by atoms with E-state index >= 15 is 0 Å². The third-order valence-electron chi connectivity index (χ3n) is 4.20. The fraction of sp³-hybridized carbons (Fsp3) is 0.417. The molecule has 0 heterocycles. The lowest BCUT2D eigenvalue weighted by Gasteiger charge is -1.99. The molecule has 0 unspecified atom stereocenters. The van der Waals surface area contributed by atoms with Gasteiger partial charge in [0.05, 0.1) is 34.4 Å². The number of phenolic OH excluding ortho intramolecular Hbond substituents is 1. The number of carbonyl (C=O) groups excluding carboxylic acids is 4. The highest BCUT2D eigenvalue weighted by Gasteiger charge is 2.01. The van der Waals surface area contributed by atoms with E-state index in [9.17, 15) is 9.59 Å². The van der Waals surface area contributed by atoms with E-state index in [2.05, 4.69) is 159 Å². The monoisotopic (exact) mass is 1540 g/mol. The van der Waals surface area contributed by atoms with Gasteiger partial charge in [-0.25, -0.2) is 9.59 Å². The van der Waals surface area contributed by atoms with Gasteiger partial charge in [-0.2, -0.15) is 0 Å². The molecule has 1 N–H and O–H groups in total. The Balaban J connectivity index is -0.0000000619. The van der Waals surface area contributed by atoms with Gasteiger partial charge in [-0.1, -0.05) is 284 Å². The summed E-state index contributed by atoms with van der Waals surface area (Å²) in [7, 11) is 2.74. The number of carbonyl (C=O) groups is 4. The van der Waals surface area contributed by atoms with Crippen LogP contribution in [0.5, 0.6) is 11.5 Å². The molecule has 0 radical (unpaired) electrons.